The zero-order chi connectivity index (χ0) is 13.2. The number of benzene rings is 1. The lowest BCUT2D eigenvalue weighted by Gasteiger charge is -2.08. The van der Waals surface area contributed by atoms with Gasteiger partial charge in [-0.05, 0) is 40.8 Å². The molecule has 2 rings (SSSR count). The molecular formula is C11H6F3IN2O. The summed E-state index contributed by atoms with van der Waals surface area (Å²) < 4.78 is 43.4. The Morgan fingerprint density at radius 3 is 2.39 bits per heavy atom. The predicted molar refractivity (Wildman–Crippen MR) is 66.3 cm³/mol. The van der Waals surface area contributed by atoms with Gasteiger partial charge < -0.3 is 4.74 Å². The zero-order valence-electron chi connectivity index (χ0n) is 8.78. The van der Waals surface area contributed by atoms with Crippen molar-refractivity contribution in [3.05, 3.63) is 45.8 Å². The monoisotopic (exact) mass is 366 g/mol. The second kappa shape index (κ2) is 5.09. The van der Waals surface area contributed by atoms with E-state index in [1.807, 2.05) is 22.6 Å². The topological polar surface area (TPSA) is 35.0 Å². The third-order valence-electron chi connectivity index (χ3n) is 1.97. The van der Waals surface area contributed by atoms with Crippen LogP contribution in [0.1, 0.15) is 5.56 Å². The summed E-state index contributed by atoms with van der Waals surface area (Å²) in [6.45, 7) is 0. The molecule has 1 aromatic carbocycles. The molecule has 0 unspecified atom stereocenters. The Hall–Kier alpha value is -1.38. The molecule has 0 aliphatic carbocycles. The lowest BCUT2D eigenvalue weighted by Crippen LogP contribution is -2.04. The summed E-state index contributed by atoms with van der Waals surface area (Å²) in [4.78, 5) is 7.69. The lowest BCUT2D eigenvalue weighted by atomic mass is 10.2. The molecule has 0 aliphatic rings. The third kappa shape index (κ3) is 3.31. The van der Waals surface area contributed by atoms with Crippen LogP contribution in [0.4, 0.5) is 13.2 Å². The highest BCUT2D eigenvalue weighted by Gasteiger charge is 2.30. The van der Waals surface area contributed by atoms with E-state index < -0.39 is 11.7 Å². The molecule has 18 heavy (non-hydrogen) atoms. The highest BCUT2D eigenvalue weighted by Crippen LogP contribution is 2.32. The summed E-state index contributed by atoms with van der Waals surface area (Å²) in [5.74, 6) is 0.0473. The maximum Gasteiger partial charge on any atom is 0.416 e. The van der Waals surface area contributed by atoms with Crippen molar-refractivity contribution in [1.29, 1.82) is 0 Å². The van der Waals surface area contributed by atoms with Crippen LogP contribution in [0.3, 0.4) is 0 Å². The van der Waals surface area contributed by atoms with Gasteiger partial charge in [-0.2, -0.15) is 13.2 Å². The molecule has 0 spiro atoms. The summed E-state index contributed by atoms with van der Waals surface area (Å²) in [6, 6.07) is 4.57. The van der Waals surface area contributed by atoms with Crippen LogP contribution >= 0.6 is 22.6 Å². The van der Waals surface area contributed by atoms with Crippen molar-refractivity contribution in [3.63, 3.8) is 0 Å². The van der Waals surface area contributed by atoms with E-state index >= 15 is 0 Å². The van der Waals surface area contributed by atoms with Crippen molar-refractivity contribution in [1.82, 2.24) is 9.97 Å². The molecule has 94 valence electrons. The van der Waals surface area contributed by atoms with Crippen molar-refractivity contribution < 1.29 is 17.9 Å². The summed E-state index contributed by atoms with van der Waals surface area (Å²) in [6.07, 6.45) is -1.38. The summed E-state index contributed by atoms with van der Waals surface area (Å²) in [5, 5.41) is 0. The predicted octanol–water partition coefficient (Wildman–Crippen LogP) is 3.89. The zero-order valence-corrected chi connectivity index (χ0v) is 10.9. The first-order chi connectivity index (χ1) is 8.45. The molecular weight excluding hydrogens is 360 g/mol. The number of rotatable bonds is 2. The van der Waals surface area contributed by atoms with E-state index in [4.69, 9.17) is 4.74 Å². The first-order valence-electron chi connectivity index (χ1n) is 4.78. The minimum Gasteiger partial charge on any atom is -0.424 e. The molecule has 2 aromatic rings. The minimum atomic E-state index is -4.40. The molecule has 0 bridgehead atoms. The van der Waals surface area contributed by atoms with Gasteiger partial charge in [-0.3, -0.25) is 0 Å². The quantitative estimate of drug-likeness (QED) is 0.757. The summed E-state index contributed by atoms with van der Waals surface area (Å²) in [5.41, 5.74) is -0.773. The maximum atomic E-state index is 12.5. The lowest BCUT2D eigenvalue weighted by molar-refractivity contribution is -0.137. The van der Waals surface area contributed by atoms with Gasteiger partial charge in [0.05, 0.1) is 5.56 Å². The Bertz CT molecular complexity index is 543. The van der Waals surface area contributed by atoms with Gasteiger partial charge in [-0.15, -0.1) is 0 Å². The van der Waals surface area contributed by atoms with Crippen LogP contribution in [0.25, 0.3) is 0 Å². The fourth-order valence-corrected chi connectivity index (χ4v) is 1.47. The molecule has 0 saturated heterocycles. The number of ether oxygens (including phenoxy) is 1. The van der Waals surface area contributed by atoms with Gasteiger partial charge in [0.15, 0.2) is 0 Å². The van der Waals surface area contributed by atoms with Crippen LogP contribution in [0, 0.1) is 3.57 Å². The normalized spacial score (nSPS) is 11.3. The average molecular weight is 366 g/mol. The number of hydrogen-bond acceptors (Lipinski definition) is 3. The van der Waals surface area contributed by atoms with Crippen LogP contribution in [0.15, 0.2) is 36.7 Å². The third-order valence-corrected chi connectivity index (χ3v) is 2.52. The SMILES string of the molecule is FC(F)(F)c1cccc(Oc2ncc(I)cn2)c1. The number of halogens is 4. The first kappa shape index (κ1) is 13.1. The number of nitrogens with zero attached hydrogens (tertiary/aromatic N) is 2. The average Bonchev–Trinajstić information content (AvgIpc) is 2.31. The van der Waals surface area contributed by atoms with E-state index in [1.54, 1.807) is 0 Å². The molecule has 0 radical (unpaired) electrons. The van der Waals surface area contributed by atoms with Crippen molar-refractivity contribution >= 4 is 22.6 Å². The molecule has 0 aliphatic heterocycles. The Morgan fingerprint density at radius 2 is 1.78 bits per heavy atom. The van der Waals surface area contributed by atoms with Crippen LogP contribution in [-0.4, -0.2) is 9.97 Å². The minimum absolute atomic E-state index is 0.00902. The van der Waals surface area contributed by atoms with Gasteiger partial charge in [-0.25, -0.2) is 9.97 Å². The highest BCUT2D eigenvalue weighted by molar-refractivity contribution is 14.1. The summed E-state index contributed by atoms with van der Waals surface area (Å²) >= 11 is 2.01. The van der Waals surface area contributed by atoms with Crippen molar-refractivity contribution in [2.75, 3.05) is 0 Å². The number of aromatic nitrogens is 2. The molecule has 0 atom stereocenters. The molecule has 1 aromatic heterocycles. The van der Waals surface area contributed by atoms with Gasteiger partial charge in [0.1, 0.15) is 5.75 Å². The second-order valence-electron chi connectivity index (χ2n) is 3.31. The fraction of sp³-hybridized carbons (Fsp3) is 0.0909. The van der Waals surface area contributed by atoms with Gasteiger partial charge in [0, 0.05) is 16.0 Å². The Morgan fingerprint density at radius 1 is 1.11 bits per heavy atom. The molecule has 0 N–H and O–H groups in total. The van der Waals surface area contributed by atoms with E-state index in [-0.39, 0.29) is 11.8 Å². The molecule has 3 nitrogen and oxygen atoms in total. The smallest absolute Gasteiger partial charge is 0.416 e. The van der Waals surface area contributed by atoms with E-state index in [0.717, 1.165) is 15.7 Å². The van der Waals surface area contributed by atoms with Gasteiger partial charge in [0.2, 0.25) is 0 Å². The molecule has 1 heterocycles. The molecule has 7 heteroatoms. The second-order valence-corrected chi connectivity index (χ2v) is 4.56. The van der Waals surface area contributed by atoms with Crippen LogP contribution in [-0.2, 0) is 6.18 Å². The molecule has 0 amide bonds. The van der Waals surface area contributed by atoms with Gasteiger partial charge in [-0.1, -0.05) is 6.07 Å². The Labute approximate surface area is 114 Å². The van der Waals surface area contributed by atoms with Crippen molar-refractivity contribution in [3.8, 4) is 11.8 Å². The van der Waals surface area contributed by atoms with Crippen LogP contribution < -0.4 is 4.74 Å². The molecule has 0 saturated carbocycles. The van der Waals surface area contributed by atoms with Crippen LogP contribution in [0.5, 0.6) is 11.8 Å². The largest absolute Gasteiger partial charge is 0.424 e. The van der Waals surface area contributed by atoms with Crippen molar-refractivity contribution in [2.24, 2.45) is 0 Å². The standard InChI is InChI=1S/C11H6F3IN2O/c12-11(13,14)7-2-1-3-9(4-7)18-10-16-5-8(15)6-17-10/h1-6H. The van der Waals surface area contributed by atoms with E-state index in [2.05, 4.69) is 9.97 Å². The van der Waals surface area contributed by atoms with Crippen molar-refractivity contribution in [2.45, 2.75) is 6.18 Å². The van der Waals surface area contributed by atoms with Gasteiger partial charge in [0.25, 0.3) is 0 Å². The first-order valence-corrected chi connectivity index (χ1v) is 5.86. The number of alkyl halides is 3. The Balaban J connectivity index is 2.22. The fourth-order valence-electron chi connectivity index (χ4n) is 1.19. The Kier molecular flexibility index (Phi) is 3.69. The van der Waals surface area contributed by atoms with E-state index in [1.165, 1.54) is 24.5 Å². The highest BCUT2D eigenvalue weighted by atomic mass is 127. The number of hydrogen-bond donors (Lipinski definition) is 0. The molecule has 0 fully saturated rings. The van der Waals surface area contributed by atoms with E-state index in [0.29, 0.717) is 0 Å². The van der Waals surface area contributed by atoms with Crippen LogP contribution in [0.2, 0.25) is 0 Å². The summed E-state index contributed by atoms with van der Waals surface area (Å²) in [7, 11) is 0. The maximum absolute atomic E-state index is 12.5. The van der Waals surface area contributed by atoms with Gasteiger partial charge >= 0.3 is 12.2 Å². The van der Waals surface area contributed by atoms with E-state index in [9.17, 15) is 13.2 Å².